The van der Waals surface area contributed by atoms with Gasteiger partial charge in [0, 0.05) is 56.3 Å². The Kier molecular flexibility index (Phi) is 10.3. The third kappa shape index (κ3) is 7.66. The molecule has 2 fully saturated rings. The molecule has 2 aliphatic heterocycles. The maximum atomic E-state index is 5.42. The number of aliphatic imine (C=N–C) groups is 1. The molecule has 2 heterocycles. The average Bonchev–Trinajstić information content (AvgIpc) is 2.51. The van der Waals surface area contributed by atoms with Crippen molar-refractivity contribution in [2.45, 2.75) is 32.4 Å². The van der Waals surface area contributed by atoms with Gasteiger partial charge < -0.3 is 15.0 Å². The fourth-order valence-corrected chi connectivity index (χ4v) is 4.26. The van der Waals surface area contributed by atoms with Gasteiger partial charge in [-0.25, -0.2) is 0 Å². The smallest absolute Gasteiger partial charge is 0.193 e. The van der Waals surface area contributed by atoms with E-state index in [-0.39, 0.29) is 24.0 Å². The zero-order chi connectivity index (χ0) is 16.7. The van der Waals surface area contributed by atoms with Crippen LogP contribution < -0.4 is 5.32 Å². The highest BCUT2D eigenvalue weighted by Gasteiger charge is 2.28. The summed E-state index contributed by atoms with van der Waals surface area (Å²) in [5, 5.41) is 3.48. The summed E-state index contributed by atoms with van der Waals surface area (Å²) in [6.07, 6.45) is 0. The van der Waals surface area contributed by atoms with Crippen LogP contribution in [0.25, 0.3) is 0 Å². The molecule has 2 rings (SSSR count). The molecular weight excluding hydrogens is 435 g/mol. The Labute approximate surface area is 169 Å². The van der Waals surface area contributed by atoms with Crippen LogP contribution in [-0.2, 0) is 4.74 Å². The van der Waals surface area contributed by atoms with Crippen molar-refractivity contribution in [1.82, 2.24) is 15.1 Å². The van der Waals surface area contributed by atoms with Gasteiger partial charge in [-0.05, 0) is 26.7 Å². The van der Waals surface area contributed by atoms with E-state index >= 15 is 0 Å². The molecule has 0 amide bonds. The maximum Gasteiger partial charge on any atom is 0.193 e. The van der Waals surface area contributed by atoms with E-state index in [1.54, 1.807) is 0 Å². The van der Waals surface area contributed by atoms with Crippen LogP contribution in [0.15, 0.2) is 4.99 Å². The Balaban J connectivity index is 0.00000288. The molecule has 0 aromatic rings. The summed E-state index contributed by atoms with van der Waals surface area (Å²) < 4.78 is 5.74. The minimum atomic E-state index is 0. The zero-order valence-electron chi connectivity index (χ0n) is 15.7. The topological polar surface area (TPSA) is 40.1 Å². The van der Waals surface area contributed by atoms with Crippen molar-refractivity contribution >= 4 is 41.7 Å². The maximum absolute atomic E-state index is 5.42. The first-order valence-corrected chi connectivity index (χ1v) is 9.96. The third-order valence-electron chi connectivity index (χ3n) is 4.29. The summed E-state index contributed by atoms with van der Waals surface area (Å²) in [5.74, 6) is 2.85. The number of guanidine groups is 1. The van der Waals surface area contributed by atoms with E-state index < -0.39 is 0 Å². The van der Waals surface area contributed by atoms with Gasteiger partial charge in [0.1, 0.15) is 0 Å². The van der Waals surface area contributed by atoms with Crippen LogP contribution in [-0.4, -0.2) is 85.3 Å². The first-order valence-electron chi connectivity index (χ1n) is 8.97. The number of thioether (sulfide) groups is 1. The van der Waals surface area contributed by atoms with Crippen molar-refractivity contribution in [3.63, 3.8) is 0 Å². The number of halogens is 1. The molecule has 5 nitrogen and oxygen atoms in total. The Hall–Kier alpha value is 0.270. The molecule has 0 aromatic carbocycles. The molecule has 2 aliphatic rings. The van der Waals surface area contributed by atoms with Crippen molar-refractivity contribution in [3.05, 3.63) is 0 Å². The van der Waals surface area contributed by atoms with Gasteiger partial charge in [0.05, 0.1) is 13.2 Å². The van der Waals surface area contributed by atoms with Gasteiger partial charge in [-0.3, -0.25) is 9.89 Å². The lowest BCUT2D eigenvalue weighted by molar-refractivity contribution is 0.0323. The normalized spacial score (nSPS) is 23.5. The first-order chi connectivity index (χ1) is 11.0. The van der Waals surface area contributed by atoms with E-state index in [0.717, 1.165) is 65.0 Å². The molecule has 24 heavy (non-hydrogen) atoms. The largest absolute Gasteiger partial charge is 0.379 e. The number of ether oxygens (including phenoxy) is 1. The van der Waals surface area contributed by atoms with E-state index in [2.05, 4.69) is 54.6 Å². The molecule has 142 valence electrons. The highest BCUT2D eigenvalue weighted by molar-refractivity contribution is 14.0. The van der Waals surface area contributed by atoms with Gasteiger partial charge in [-0.1, -0.05) is 6.92 Å². The van der Waals surface area contributed by atoms with Crippen LogP contribution in [0, 0.1) is 5.92 Å². The molecule has 0 aromatic heterocycles. The van der Waals surface area contributed by atoms with E-state index in [0.29, 0.717) is 10.7 Å². The minimum Gasteiger partial charge on any atom is -0.379 e. The lowest BCUT2D eigenvalue weighted by atomic mass is 10.1. The summed E-state index contributed by atoms with van der Waals surface area (Å²) in [5.41, 5.74) is 0. The standard InChI is InChI=1S/C17H34N4OS.HI/c1-5-18-16(21-8-11-23-17(3,4)14-21)19-12-15(2)13-20-6-9-22-10-7-20;/h15H,5-14H2,1-4H3,(H,18,19);1H. The van der Waals surface area contributed by atoms with Gasteiger partial charge in [0.2, 0.25) is 0 Å². The number of nitrogens with zero attached hydrogens (tertiary/aromatic N) is 3. The predicted octanol–water partition coefficient (Wildman–Crippen LogP) is 2.37. The van der Waals surface area contributed by atoms with Gasteiger partial charge in [-0.2, -0.15) is 11.8 Å². The second-order valence-electron chi connectivity index (χ2n) is 7.24. The molecule has 2 saturated heterocycles. The molecule has 0 aliphatic carbocycles. The monoisotopic (exact) mass is 470 g/mol. The predicted molar refractivity (Wildman–Crippen MR) is 116 cm³/mol. The molecular formula is C17H35IN4OS. The summed E-state index contributed by atoms with van der Waals surface area (Å²) in [6.45, 7) is 18.1. The second-order valence-corrected chi connectivity index (χ2v) is 9.04. The second kappa shape index (κ2) is 11.1. The van der Waals surface area contributed by atoms with Crippen LogP contribution in [0.5, 0.6) is 0 Å². The number of rotatable bonds is 5. The summed E-state index contributed by atoms with van der Waals surface area (Å²) >= 11 is 2.06. The minimum absolute atomic E-state index is 0. The number of morpholine rings is 1. The Morgan fingerprint density at radius 1 is 1.29 bits per heavy atom. The Morgan fingerprint density at radius 3 is 2.62 bits per heavy atom. The van der Waals surface area contributed by atoms with Gasteiger partial charge in [0.25, 0.3) is 0 Å². The lowest BCUT2D eigenvalue weighted by Crippen LogP contribution is -2.51. The third-order valence-corrected chi connectivity index (χ3v) is 5.58. The summed E-state index contributed by atoms with van der Waals surface area (Å²) in [7, 11) is 0. The van der Waals surface area contributed by atoms with E-state index in [1.165, 1.54) is 5.75 Å². The highest BCUT2D eigenvalue weighted by Crippen LogP contribution is 2.29. The van der Waals surface area contributed by atoms with Crippen molar-refractivity contribution < 1.29 is 4.74 Å². The zero-order valence-corrected chi connectivity index (χ0v) is 18.9. The summed E-state index contributed by atoms with van der Waals surface area (Å²) in [6, 6.07) is 0. The molecule has 7 heteroatoms. The van der Waals surface area contributed by atoms with Crippen molar-refractivity contribution in [3.8, 4) is 0 Å². The number of hydrogen-bond acceptors (Lipinski definition) is 4. The van der Waals surface area contributed by atoms with E-state index in [1.807, 2.05) is 0 Å². The molecule has 1 atom stereocenters. The lowest BCUT2D eigenvalue weighted by Gasteiger charge is -2.39. The van der Waals surface area contributed by atoms with Crippen molar-refractivity contribution in [2.75, 3.05) is 64.8 Å². The van der Waals surface area contributed by atoms with Crippen molar-refractivity contribution in [1.29, 1.82) is 0 Å². The molecule has 0 saturated carbocycles. The number of hydrogen-bond donors (Lipinski definition) is 1. The highest BCUT2D eigenvalue weighted by atomic mass is 127. The molecule has 0 radical (unpaired) electrons. The van der Waals surface area contributed by atoms with Crippen LogP contribution in [0.2, 0.25) is 0 Å². The van der Waals surface area contributed by atoms with Crippen LogP contribution in [0.4, 0.5) is 0 Å². The van der Waals surface area contributed by atoms with E-state index in [4.69, 9.17) is 9.73 Å². The SMILES string of the molecule is CCNC(=NCC(C)CN1CCOCC1)N1CCSC(C)(C)C1.I. The van der Waals surface area contributed by atoms with Gasteiger partial charge in [0.15, 0.2) is 5.96 Å². The van der Waals surface area contributed by atoms with Crippen LogP contribution >= 0.6 is 35.7 Å². The molecule has 1 N–H and O–H groups in total. The number of nitrogens with one attached hydrogen (secondary N) is 1. The van der Waals surface area contributed by atoms with Crippen LogP contribution in [0.3, 0.4) is 0 Å². The van der Waals surface area contributed by atoms with E-state index in [9.17, 15) is 0 Å². The van der Waals surface area contributed by atoms with Crippen molar-refractivity contribution in [2.24, 2.45) is 10.9 Å². The van der Waals surface area contributed by atoms with Gasteiger partial charge >= 0.3 is 0 Å². The first kappa shape index (κ1) is 22.3. The average molecular weight is 470 g/mol. The Bertz CT molecular complexity index is 389. The fourth-order valence-electron chi connectivity index (χ4n) is 3.15. The molecule has 0 bridgehead atoms. The quantitative estimate of drug-likeness (QED) is 0.380. The fraction of sp³-hybridized carbons (Fsp3) is 0.941. The molecule has 1 unspecified atom stereocenters. The summed E-state index contributed by atoms with van der Waals surface area (Å²) in [4.78, 5) is 9.86. The van der Waals surface area contributed by atoms with Gasteiger partial charge in [-0.15, -0.1) is 24.0 Å². The molecule has 0 spiro atoms. The van der Waals surface area contributed by atoms with Crippen LogP contribution in [0.1, 0.15) is 27.7 Å². The Morgan fingerprint density at radius 2 is 2.00 bits per heavy atom.